The maximum atomic E-state index is 11.4. The molecule has 1 heterocycles. The molecule has 8 heteroatoms. The first-order valence-electron chi connectivity index (χ1n) is 4.47. The molecule has 0 aliphatic heterocycles. The van der Waals surface area contributed by atoms with E-state index < -0.39 is 5.91 Å². The molecule has 0 saturated heterocycles. The van der Waals surface area contributed by atoms with E-state index in [1.54, 1.807) is 6.92 Å². The van der Waals surface area contributed by atoms with Crippen LogP contribution in [0.5, 0.6) is 0 Å². The second-order valence-corrected chi connectivity index (χ2v) is 4.15. The molecule has 1 aromatic rings. The van der Waals surface area contributed by atoms with E-state index in [9.17, 15) is 9.59 Å². The van der Waals surface area contributed by atoms with Gasteiger partial charge in [-0.25, -0.2) is 0 Å². The molecule has 3 N–H and O–H groups in total. The van der Waals surface area contributed by atoms with Gasteiger partial charge in [0.2, 0.25) is 11.8 Å². The van der Waals surface area contributed by atoms with Gasteiger partial charge >= 0.3 is 0 Å². The number of carbonyl (C=O) groups is 2. The van der Waals surface area contributed by atoms with E-state index >= 15 is 0 Å². The highest BCUT2D eigenvalue weighted by Gasteiger charge is 2.14. The Balaban J connectivity index is 2.48. The van der Waals surface area contributed by atoms with Crippen molar-refractivity contribution in [2.75, 3.05) is 6.26 Å². The smallest absolute Gasteiger partial charge is 0.290 e. The zero-order chi connectivity index (χ0) is 12.1. The fraction of sp³-hybridized carbons (Fsp3) is 0.500. The minimum absolute atomic E-state index is 0.0873. The van der Waals surface area contributed by atoms with Crippen molar-refractivity contribution >= 4 is 23.6 Å². The number of hydrogen-bond donors (Lipinski definition) is 2. The van der Waals surface area contributed by atoms with Gasteiger partial charge in [-0.05, 0) is 13.2 Å². The highest BCUT2D eigenvalue weighted by molar-refractivity contribution is 7.99. The van der Waals surface area contributed by atoms with Crippen molar-refractivity contribution < 1.29 is 14.1 Å². The third-order valence-corrected chi connectivity index (χ3v) is 2.75. The molecule has 0 spiro atoms. The van der Waals surface area contributed by atoms with Crippen molar-refractivity contribution in [1.29, 1.82) is 0 Å². The van der Waals surface area contributed by atoms with E-state index in [4.69, 9.17) is 10.3 Å². The molecule has 7 nitrogen and oxygen atoms in total. The lowest BCUT2D eigenvalue weighted by Crippen LogP contribution is -2.30. The SMILES string of the molecule is CS[C@H](C)C(=O)NCc1nc(C(N)=O)no1. The summed E-state index contributed by atoms with van der Waals surface area (Å²) in [6, 6.07) is 0. The van der Waals surface area contributed by atoms with E-state index in [0.717, 1.165) is 0 Å². The largest absolute Gasteiger partial charge is 0.363 e. The molecule has 0 unspecified atom stereocenters. The van der Waals surface area contributed by atoms with Crippen molar-refractivity contribution in [3.8, 4) is 0 Å². The Morgan fingerprint density at radius 3 is 2.81 bits per heavy atom. The van der Waals surface area contributed by atoms with Gasteiger partial charge in [0, 0.05) is 0 Å². The normalized spacial score (nSPS) is 12.1. The van der Waals surface area contributed by atoms with Crippen molar-refractivity contribution in [3.05, 3.63) is 11.7 Å². The second kappa shape index (κ2) is 5.50. The Bertz CT molecular complexity index is 392. The summed E-state index contributed by atoms with van der Waals surface area (Å²) < 4.78 is 4.71. The summed E-state index contributed by atoms with van der Waals surface area (Å²) in [7, 11) is 0. The summed E-state index contributed by atoms with van der Waals surface area (Å²) in [4.78, 5) is 25.7. The van der Waals surface area contributed by atoms with Crippen LogP contribution in [0.1, 0.15) is 23.4 Å². The van der Waals surface area contributed by atoms with E-state index in [1.165, 1.54) is 11.8 Å². The van der Waals surface area contributed by atoms with E-state index in [0.29, 0.717) is 0 Å². The van der Waals surface area contributed by atoms with Crippen LogP contribution in [0, 0.1) is 0 Å². The van der Waals surface area contributed by atoms with Crippen molar-refractivity contribution in [3.63, 3.8) is 0 Å². The number of rotatable bonds is 5. The van der Waals surface area contributed by atoms with Gasteiger partial charge in [0.05, 0.1) is 11.8 Å². The predicted molar refractivity (Wildman–Crippen MR) is 57.6 cm³/mol. The fourth-order valence-electron chi connectivity index (χ4n) is 0.840. The van der Waals surface area contributed by atoms with Gasteiger partial charge in [0.15, 0.2) is 0 Å². The van der Waals surface area contributed by atoms with Gasteiger partial charge < -0.3 is 15.6 Å². The number of amides is 2. The summed E-state index contributed by atoms with van der Waals surface area (Å²) >= 11 is 1.43. The average Bonchev–Trinajstić information content (AvgIpc) is 2.73. The van der Waals surface area contributed by atoms with E-state index in [1.807, 2.05) is 6.26 Å². The zero-order valence-electron chi connectivity index (χ0n) is 8.89. The minimum Gasteiger partial charge on any atom is -0.363 e. The molecule has 0 bridgehead atoms. The second-order valence-electron chi connectivity index (χ2n) is 2.97. The van der Waals surface area contributed by atoms with Crippen molar-refractivity contribution in [1.82, 2.24) is 15.5 Å². The maximum Gasteiger partial charge on any atom is 0.290 e. The zero-order valence-corrected chi connectivity index (χ0v) is 9.71. The number of carbonyl (C=O) groups excluding carboxylic acids is 2. The van der Waals surface area contributed by atoms with Crippen LogP contribution in [0.25, 0.3) is 0 Å². The van der Waals surface area contributed by atoms with Crippen LogP contribution in [-0.2, 0) is 11.3 Å². The quantitative estimate of drug-likeness (QED) is 0.724. The van der Waals surface area contributed by atoms with Crippen LogP contribution in [0.15, 0.2) is 4.52 Å². The Morgan fingerprint density at radius 1 is 1.62 bits per heavy atom. The fourth-order valence-corrected chi connectivity index (χ4v) is 1.14. The lowest BCUT2D eigenvalue weighted by atomic mass is 10.4. The maximum absolute atomic E-state index is 11.4. The van der Waals surface area contributed by atoms with Gasteiger partial charge in [-0.1, -0.05) is 5.16 Å². The molecular formula is C8H12N4O3S. The third kappa shape index (κ3) is 3.23. The topological polar surface area (TPSA) is 111 Å². The van der Waals surface area contributed by atoms with E-state index in [2.05, 4.69) is 15.5 Å². The van der Waals surface area contributed by atoms with Gasteiger partial charge in [-0.3, -0.25) is 9.59 Å². The molecule has 1 rings (SSSR count). The monoisotopic (exact) mass is 244 g/mol. The molecule has 0 aromatic carbocycles. The van der Waals surface area contributed by atoms with Crippen LogP contribution < -0.4 is 11.1 Å². The third-order valence-electron chi connectivity index (χ3n) is 1.83. The molecule has 1 atom stereocenters. The van der Waals surface area contributed by atoms with E-state index in [-0.39, 0.29) is 29.4 Å². The Kier molecular flexibility index (Phi) is 4.29. The Hall–Kier alpha value is -1.57. The first-order valence-corrected chi connectivity index (χ1v) is 5.76. The molecule has 0 aliphatic rings. The molecule has 1 aromatic heterocycles. The molecule has 0 aliphatic carbocycles. The highest BCUT2D eigenvalue weighted by Crippen LogP contribution is 2.05. The first kappa shape index (κ1) is 12.5. The summed E-state index contributed by atoms with van der Waals surface area (Å²) in [5.41, 5.74) is 4.94. The molecule has 2 amide bonds. The highest BCUT2D eigenvalue weighted by atomic mass is 32.2. The molecule has 88 valence electrons. The van der Waals surface area contributed by atoms with Crippen LogP contribution in [-0.4, -0.2) is 33.5 Å². The van der Waals surface area contributed by atoms with Crippen molar-refractivity contribution in [2.24, 2.45) is 5.73 Å². The number of nitrogens with one attached hydrogen (secondary N) is 1. The number of primary amides is 1. The minimum atomic E-state index is -0.765. The van der Waals surface area contributed by atoms with Gasteiger partial charge in [0.1, 0.15) is 0 Å². The molecule has 16 heavy (non-hydrogen) atoms. The first-order chi connectivity index (χ1) is 7.54. The van der Waals surface area contributed by atoms with Crippen LogP contribution >= 0.6 is 11.8 Å². The number of aromatic nitrogens is 2. The Morgan fingerprint density at radius 2 is 2.31 bits per heavy atom. The van der Waals surface area contributed by atoms with Crippen LogP contribution in [0.2, 0.25) is 0 Å². The van der Waals surface area contributed by atoms with Crippen LogP contribution in [0.4, 0.5) is 0 Å². The summed E-state index contributed by atoms with van der Waals surface area (Å²) in [5, 5.41) is 5.78. The number of thioether (sulfide) groups is 1. The van der Waals surface area contributed by atoms with Crippen molar-refractivity contribution in [2.45, 2.75) is 18.7 Å². The molecular weight excluding hydrogens is 232 g/mol. The lowest BCUT2D eigenvalue weighted by molar-refractivity contribution is -0.120. The molecule has 0 radical (unpaired) electrons. The van der Waals surface area contributed by atoms with Gasteiger partial charge in [-0.2, -0.15) is 16.7 Å². The number of nitrogens with two attached hydrogens (primary N) is 1. The molecule has 0 fully saturated rings. The number of hydrogen-bond acceptors (Lipinski definition) is 6. The lowest BCUT2D eigenvalue weighted by Gasteiger charge is -2.06. The average molecular weight is 244 g/mol. The van der Waals surface area contributed by atoms with Gasteiger partial charge in [-0.15, -0.1) is 0 Å². The summed E-state index contributed by atoms with van der Waals surface area (Å²) in [6.45, 7) is 1.87. The number of nitrogens with zero attached hydrogens (tertiary/aromatic N) is 2. The predicted octanol–water partition coefficient (Wildman–Crippen LogP) is -0.464. The summed E-state index contributed by atoms with van der Waals surface area (Å²) in [6.07, 6.45) is 1.84. The summed E-state index contributed by atoms with van der Waals surface area (Å²) in [5.74, 6) is -0.942. The Labute approximate surface area is 96.1 Å². The standard InChI is InChI=1S/C8H12N4O3S/c1-4(16-2)8(14)10-3-5-11-7(6(9)13)12-15-5/h4H,3H2,1-2H3,(H2,9,13)(H,10,14)/t4-/m1/s1. The van der Waals surface area contributed by atoms with Gasteiger partial charge in [0.25, 0.3) is 11.7 Å². The van der Waals surface area contributed by atoms with Crippen LogP contribution in [0.3, 0.4) is 0 Å². The molecule has 0 saturated carbocycles.